The lowest BCUT2D eigenvalue weighted by molar-refractivity contribution is 0.00209. The molecule has 0 spiro atoms. The smallest absolute Gasteiger partial charge is 0.0793 e. The third kappa shape index (κ3) is 3.55. The van der Waals surface area contributed by atoms with Crippen molar-refractivity contribution in [1.29, 1.82) is 0 Å². The Bertz CT molecular complexity index is 343. The zero-order valence-corrected chi connectivity index (χ0v) is 10.6. The lowest BCUT2D eigenvalue weighted by Crippen LogP contribution is -2.19. The average molecular weight is 234 g/mol. The van der Waals surface area contributed by atoms with Crippen molar-refractivity contribution in [2.45, 2.75) is 51.2 Å². The van der Waals surface area contributed by atoms with Crippen molar-refractivity contribution in [2.75, 3.05) is 6.61 Å². The number of rotatable bonds is 4. The first-order chi connectivity index (χ1) is 8.27. The van der Waals surface area contributed by atoms with E-state index in [1.165, 1.54) is 18.4 Å². The molecule has 0 aromatic heterocycles. The third-order valence-corrected chi connectivity index (χ3v) is 3.58. The van der Waals surface area contributed by atoms with Crippen LogP contribution in [0.25, 0.3) is 0 Å². The molecule has 2 unspecified atom stereocenters. The van der Waals surface area contributed by atoms with Crippen LogP contribution in [0, 0.1) is 6.92 Å². The fraction of sp³-hybridized carbons (Fsp3) is 0.600. The first-order valence-electron chi connectivity index (χ1n) is 6.62. The molecule has 1 aromatic rings. The number of ether oxygens (including phenoxy) is 1. The summed E-state index contributed by atoms with van der Waals surface area (Å²) in [5.41, 5.74) is 2.23. The summed E-state index contributed by atoms with van der Waals surface area (Å²) in [6.45, 7) is 2.95. The topological polar surface area (TPSA) is 29.5 Å². The third-order valence-electron chi connectivity index (χ3n) is 3.58. The second-order valence-electron chi connectivity index (χ2n) is 4.94. The molecule has 94 valence electrons. The highest BCUT2D eigenvalue weighted by Crippen LogP contribution is 2.25. The number of aliphatic hydroxyl groups excluding tert-OH is 1. The summed E-state index contributed by atoms with van der Waals surface area (Å²) in [5.74, 6) is 0. The Morgan fingerprint density at radius 1 is 1.35 bits per heavy atom. The standard InChI is InChI=1S/C15H22O2/c1-12-6-2-3-8-14(12)15(16)10-9-13-7-4-5-11-17-13/h2-3,6,8,13,15-16H,4-5,7,9-11H2,1H3. The van der Waals surface area contributed by atoms with Gasteiger partial charge in [0.25, 0.3) is 0 Å². The molecule has 1 aliphatic rings. The number of aryl methyl sites for hydroxylation is 1. The fourth-order valence-corrected chi connectivity index (χ4v) is 2.50. The first kappa shape index (κ1) is 12.6. The Labute approximate surface area is 104 Å². The number of benzene rings is 1. The van der Waals surface area contributed by atoms with Crippen LogP contribution in [0.5, 0.6) is 0 Å². The number of hydrogen-bond donors (Lipinski definition) is 1. The number of hydrogen-bond acceptors (Lipinski definition) is 2. The van der Waals surface area contributed by atoms with Gasteiger partial charge in [-0.15, -0.1) is 0 Å². The molecule has 0 aliphatic carbocycles. The molecule has 0 amide bonds. The molecule has 1 aromatic carbocycles. The predicted molar refractivity (Wildman–Crippen MR) is 69.0 cm³/mol. The minimum Gasteiger partial charge on any atom is -0.388 e. The molecule has 1 aliphatic heterocycles. The molecule has 1 saturated heterocycles. The zero-order chi connectivity index (χ0) is 12.1. The van der Waals surface area contributed by atoms with E-state index in [2.05, 4.69) is 13.0 Å². The van der Waals surface area contributed by atoms with Crippen LogP contribution in [0.3, 0.4) is 0 Å². The molecular formula is C15H22O2. The van der Waals surface area contributed by atoms with Crippen molar-refractivity contribution in [1.82, 2.24) is 0 Å². The van der Waals surface area contributed by atoms with Crippen LogP contribution in [-0.4, -0.2) is 17.8 Å². The Kier molecular flexibility index (Phi) is 4.57. The van der Waals surface area contributed by atoms with E-state index in [1.807, 2.05) is 18.2 Å². The van der Waals surface area contributed by atoms with Gasteiger partial charge in [0, 0.05) is 6.61 Å². The lowest BCUT2D eigenvalue weighted by atomic mass is 9.97. The predicted octanol–water partition coefficient (Wildman–Crippen LogP) is 3.38. The summed E-state index contributed by atoms with van der Waals surface area (Å²) in [5, 5.41) is 10.2. The van der Waals surface area contributed by atoms with Crippen LogP contribution < -0.4 is 0 Å². The van der Waals surface area contributed by atoms with Gasteiger partial charge < -0.3 is 9.84 Å². The summed E-state index contributed by atoms with van der Waals surface area (Å²) in [7, 11) is 0. The van der Waals surface area contributed by atoms with Crippen molar-refractivity contribution < 1.29 is 9.84 Å². The van der Waals surface area contributed by atoms with E-state index < -0.39 is 0 Å². The highest BCUT2D eigenvalue weighted by Gasteiger charge is 2.17. The van der Waals surface area contributed by atoms with Gasteiger partial charge in [-0.2, -0.15) is 0 Å². The number of aliphatic hydroxyl groups is 1. The highest BCUT2D eigenvalue weighted by atomic mass is 16.5. The Morgan fingerprint density at radius 3 is 2.88 bits per heavy atom. The molecule has 2 nitrogen and oxygen atoms in total. The van der Waals surface area contributed by atoms with Crippen molar-refractivity contribution in [2.24, 2.45) is 0 Å². The van der Waals surface area contributed by atoms with E-state index in [9.17, 15) is 5.11 Å². The van der Waals surface area contributed by atoms with Gasteiger partial charge in [-0.25, -0.2) is 0 Å². The van der Waals surface area contributed by atoms with E-state index in [0.29, 0.717) is 6.10 Å². The van der Waals surface area contributed by atoms with Crippen molar-refractivity contribution in [3.8, 4) is 0 Å². The van der Waals surface area contributed by atoms with Gasteiger partial charge in [0.2, 0.25) is 0 Å². The van der Waals surface area contributed by atoms with Gasteiger partial charge in [-0.05, 0) is 50.2 Å². The van der Waals surface area contributed by atoms with Crippen LogP contribution >= 0.6 is 0 Å². The van der Waals surface area contributed by atoms with Gasteiger partial charge in [0.15, 0.2) is 0 Å². The minimum atomic E-state index is -0.346. The fourth-order valence-electron chi connectivity index (χ4n) is 2.50. The van der Waals surface area contributed by atoms with Crippen molar-refractivity contribution in [3.63, 3.8) is 0 Å². The zero-order valence-electron chi connectivity index (χ0n) is 10.6. The second-order valence-corrected chi connectivity index (χ2v) is 4.94. The highest BCUT2D eigenvalue weighted by molar-refractivity contribution is 5.27. The van der Waals surface area contributed by atoms with Gasteiger partial charge >= 0.3 is 0 Å². The van der Waals surface area contributed by atoms with Crippen LogP contribution in [-0.2, 0) is 4.74 Å². The Morgan fingerprint density at radius 2 is 2.18 bits per heavy atom. The van der Waals surface area contributed by atoms with Crippen LogP contribution in [0.2, 0.25) is 0 Å². The molecule has 0 bridgehead atoms. The molecule has 1 N–H and O–H groups in total. The van der Waals surface area contributed by atoms with Gasteiger partial charge in [-0.1, -0.05) is 24.3 Å². The minimum absolute atomic E-state index is 0.346. The van der Waals surface area contributed by atoms with Crippen molar-refractivity contribution in [3.05, 3.63) is 35.4 Å². The summed E-state index contributed by atoms with van der Waals surface area (Å²) < 4.78 is 5.68. The van der Waals surface area contributed by atoms with E-state index in [0.717, 1.165) is 31.4 Å². The summed E-state index contributed by atoms with van der Waals surface area (Å²) in [6, 6.07) is 8.07. The molecule has 2 heteroatoms. The molecule has 17 heavy (non-hydrogen) atoms. The maximum atomic E-state index is 10.2. The van der Waals surface area contributed by atoms with Gasteiger partial charge in [-0.3, -0.25) is 0 Å². The normalized spacial score (nSPS) is 22.4. The van der Waals surface area contributed by atoms with E-state index >= 15 is 0 Å². The summed E-state index contributed by atoms with van der Waals surface area (Å²) in [4.78, 5) is 0. The maximum Gasteiger partial charge on any atom is 0.0793 e. The molecule has 1 fully saturated rings. The molecule has 2 rings (SSSR count). The van der Waals surface area contributed by atoms with Crippen molar-refractivity contribution >= 4 is 0 Å². The van der Waals surface area contributed by atoms with E-state index in [4.69, 9.17) is 4.74 Å². The molecule has 0 saturated carbocycles. The van der Waals surface area contributed by atoms with E-state index in [-0.39, 0.29) is 6.10 Å². The first-order valence-corrected chi connectivity index (χ1v) is 6.62. The van der Waals surface area contributed by atoms with Crippen LogP contribution in [0.15, 0.2) is 24.3 Å². The van der Waals surface area contributed by atoms with E-state index in [1.54, 1.807) is 0 Å². The SMILES string of the molecule is Cc1ccccc1C(O)CCC1CCCCO1. The largest absolute Gasteiger partial charge is 0.388 e. The average Bonchev–Trinajstić information content (AvgIpc) is 2.38. The summed E-state index contributed by atoms with van der Waals surface area (Å²) >= 11 is 0. The quantitative estimate of drug-likeness (QED) is 0.865. The van der Waals surface area contributed by atoms with Gasteiger partial charge in [0.05, 0.1) is 12.2 Å². The molecular weight excluding hydrogens is 212 g/mol. The molecule has 1 heterocycles. The summed E-state index contributed by atoms with van der Waals surface area (Å²) in [6.07, 6.45) is 5.40. The van der Waals surface area contributed by atoms with Crippen LogP contribution in [0.4, 0.5) is 0 Å². The Hall–Kier alpha value is -0.860. The van der Waals surface area contributed by atoms with Crippen LogP contribution in [0.1, 0.15) is 49.3 Å². The monoisotopic (exact) mass is 234 g/mol. The Balaban J connectivity index is 1.84. The molecule has 0 radical (unpaired) electrons. The molecule has 2 atom stereocenters. The lowest BCUT2D eigenvalue weighted by Gasteiger charge is -2.23. The maximum absolute atomic E-state index is 10.2. The van der Waals surface area contributed by atoms with Gasteiger partial charge in [0.1, 0.15) is 0 Å². The second kappa shape index (κ2) is 6.18.